The molecule has 1 fully saturated rings. The zero-order valence-electron chi connectivity index (χ0n) is 17.1. The number of alkyl halides is 1. The molecule has 0 radical (unpaired) electrons. The highest BCUT2D eigenvalue weighted by Crippen LogP contribution is 2.34. The van der Waals surface area contributed by atoms with Gasteiger partial charge < -0.3 is 9.64 Å². The van der Waals surface area contributed by atoms with Crippen molar-refractivity contribution in [2.45, 2.75) is 77.0 Å². The largest absolute Gasteiger partial charge is 0.361 e. The third-order valence-electron chi connectivity index (χ3n) is 5.49. The summed E-state index contributed by atoms with van der Waals surface area (Å²) < 4.78 is 5.58. The Morgan fingerprint density at radius 2 is 2.00 bits per heavy atom. The van der Waals surface area contributed by atoms with Gasteiger partial charge in [0.1, 0.15) is 16.8 Å². The smallest absolute Gasteiger partial charge is 0.329 e. The molecule has 2 heterocycles. The molecule has 0 spiro atoms. The topological polar surface area (TPSA) is 58.6 Å². The van der Waals surface area contributed by atoms with Crippen LogP contribution in [0.3, 0.4) is 0 Å². The third kappa shape index (κ3) is 4.97. The number of terminal acetylenes is 1. The summed E-state index contributed by atoms with van der Waals surface area (Å²) in [5, 5.41) is 10.1. The average molecular weight is 427 g/mol. The fraction of sp³-hybridized carbons (Fsp3) is 0.750. The molecule has 1 saturated heterocycles. The van der Waals surface area contributed by atoms with Crippen molar-refractivity contribution in [1.82, 2.24) is 15.1 Å². The van der Waals surface area contributed by atoms with Gasteiger partial charge in [-0.25, -0.2) is 9.69 Å². The number of ether oxygens (including phenoxy) is 1. The summed E-state index contributed by atoms with van der Waals surface area (Å²) in [5.41, 5.74) is -0.579. The lowest BCUT2D eigenvalue weighted by Gasteiger charge is -2.46. The minimum atomic E-state index is -0.579. The van der Waals surface area contributed by atoms with Crippen LogP contribution in [0.25, 0.3) is 0 Å². The first-order valence-electron chi connectivity index (χ1n) is 10.1. The number of aryl methyl sites for hydroxylation is 1. The minimum Gasteiger partial charge on any atom is -0.361 e. The van der Waals surface area contributed by atoms with E-state index < -0.39 is 5.54 Å². The molecule has 1 aliphatic rings. The van der Waals surface area contributed by atoms with E-state index in [0.717, 1.165) is 37.1 Å². The summed E-state index contributed by atoms with van der Waals surface area (Å²) in [5.74, 6) is 3.58. The second-order valence-electron chi connectivity index (χ2n) is 7.00. The first-order valence-corrected chi connectivity index (χ1v) is 11.4. The van der Waals surface area contributed by atoms with Crippen LogP contribution in [0.4, 0.5) is 9.93 Å². The van der Waals surface area contributed by atoms with Gasteiger partial charge in [0.05, 0.1) is 0 Å². The standard InChI is InChI=1S/C20H31ClN4O2S/c1-5-20(6-2,7-3)24-15-13-17(27-4)25(19(24)26)18-23-22-16(28-18)12-10-8-9-11-14-21/h1,17H,6-15H2,2-4H3. The second-order valence-corrected chi connectivity index (χ2v) is 8.42. The van der Waals surface area contributed by atoms with Crippen LogP contribution in [0.5, 0.6) is 0 Å². The van der Waals surface area contributed by atoms with E-state index in [1.54, 1.807) is 16.9 Å². The van der Waals surface area contributed by atoms with Crippen LogP contribution in [0.15, 0.2) is 0 Å². The quantitative estimate of drug-likeness (QED) is 0.293. The molecule has 1 aliphatic heterocycles. The molecule has 1 atom stereocenters. The zero-order valence-corrected chi connectivity index (χ0v) is 18.7. The van der Waals surface area contributed by atoms with Gasteiger partial charge in [-0.05, 0) is 25.7 Å². The number of anilines is 1. The molecule has 2 amide bonds. The highest BCUT2D eigenvalue weighted by atomic mass is 35.5. The summed E-state index contributed by atoms with van der Waals surface area (Å²) >= 11 is 7.18. The molecule has 0 aliphatic carbocycles. The average Bonchev–Trinajstić information content (AvgIpc) is 3.18. The molecule has 1 unspecified atom stereocenters. The number of hydrogen-bond donors (Lipinski definition) is 0. The molecular formula is C20H31ClN4O2S. The number of carbonyl (C=O) groups excluding carboxylic acids is 1. The van der Waals surface area contributed by atoms with Crippen molar-refractivity contribution in [1.29, 1.82) is 0 Å². The summed E-state index contributed by atoms with van der Waals surface area (Å²) in [7, 11) is 1.62. The molecule has 6 nitrogen and oxygen atoms in total. The first kappa shape index (κ1) is 22.9. The van der Waals surface area contributed by atoms with Gasteiger partial charge >= 0.3 is 6.03 Å². The summed E-state index contributed by atoms with van der Waals surface area (Å²) in [6.45, 7) is 4.62. The van der Waals surface area contributed by atoms with Gasteiger partial charge in [-0.1, -0.05) is 43.9 Å². The van der Waals surface area contributed by atoms with Crippen LogP contribution >= 0.6 is 22.9 Å². The van der Waals surface area contributed by atoms with Crippen LogP contribution in [0.2, 0.25) is 0 Å². The van der Waals surface area contributed by atoms with Crippen LogP contribution in [-0.2, 0) is 11.2 Å². The van der Waals surface area contributed by atoms with Gasteiger partial charge in [0, 0.05) is 32.4 Å². The molecule has 0 saturated carbocycles. The number of halogens is 1. The normalized spacial score (nSPS) is 17.8. The molecule has 156 valence electrons. The zero-order chi connectivity index (χ0) is 20.6. The van der Waals surface area contributed by atoms with Crippen molar-refractivity contribution in [3.8, 4) is 12.3 Å². The number of rotatable bonds is 11. The molecule has 1 aromatic heterocycles. The van der Waals surface area contributed by atoms with E-state index in [9.17, 15) is 4.79 Å². The molecule has 2 rings (SSSR count). The predicted octanol–water partition coefficient (Wildman–Crippen LogP) is 4.68. The van der Waals surface area contributed by atoms with Gasteiger partial charge in [-0.15, -0.1) is 28.2 Å². The summed E-state index contributed by atoms with van der Waals surface area (Å²) in [6, 6.07) is -0.149. The Bertz CT molecular complexity index is 671. The molecule has 1 aromatic rings. The number of amides is 2. The van der Waals surface area contributed by atoms with Crippen molar-refractivity contribution in [3.63, 3.8) is 0 Å². The molecule has 0 N–H and O–H groups in total. The maximum atomic E-state index is 13.4. The van der Waals surface area contributed by atoms with Crippen LogP contribution in [0, 0.1) is 12.3 Å². The number of urea groups is 1. The van der Waals surface area contributed by atoms with Gasteiger partial charge in [-0.2, -0.15) is 0 Å². The number of hydrogen-bond acceptors (Lipinski definition) is 5. The minimum absolute atomic E-state index is 0.149. The van der Waals surface area contributed by atoms with Crippen LogP contribution in [0.1, 0.15) is 63.8 Å². The number of nitrogens with zero attached hydrogens (tertiary/aromatic N) is 4. The maximum absolute atomic E-state index is 13.4. The molecule has 28 heavy (non-hydrogen) atoms. The van der Waals surface area contributed by atoms with Crippen molar-refractivity contribution in [2.75, 3.05) is 24.4 Å². The van der Waals surface area contributed by atoms with Gasteiger partial charge in [0.25, 0.3) is 0 Å². The SMILES string of the molecule is C#CC(CC)(CC)N1CCC(OC)N(c2nnc(CCCCCCCl)s2)C1=O. The number of carbonyl (C=O) groups is 1. The third-order valence-corrected chi connectivity index (χ3v) is 6.74. The maximum Gasteiger partial charge on any atom is 0.329 e. The Hall–Kier alpha value is -1.36. The fourth-order valence-electron chi connectivity index (χ4n) is 3.62. The fourth-order valence-corrected chi connectivity index (χ4v) is 4.73. The molecule has 0 bridgehead atoms. The number of aromatic nitrogens is 2. The lowest BCUT2D eigenvalue weighted by atomic mass is 9.91. The predicted molar refractivity (Wildman–Crippen MR) is 115 cm³/mol. The van der Waals surface area contributed by atoms with Crippen LogP contribution < -0.4 is 4.90 Å². The van der Waals surface area contributed by atoms with E-state index in [1.807, 2.05) is 13.8 Å². The van der Waals surface area contributed by atoms with E-state index in [4.69, 9.17) is 22.8 Å². The molecule has 8 heteroatoms. The van der Waals surface area contributed by atoms with Gasteiger partial charge in [0.2, 0.25) is 5.13 Å². The Balaban J connectivity index is 2.15. The lowest BCUT2D eigenvalue weighted by Crippen LogP contribution is -2.62. The van der Waals surface area contributed by atoms with Crippen molar-refractivity contribution >= 4 is 34.1 Å². The van der Waals surface area contributed by atoms with E-state index >= 15 is 0 Å². The van der Waals surface area contributed by atoms with E-state index in [2.05, 4.69) is 16.1 Å². The van der Waals surface area contributed by atoms with Gasteiger partial charge in [0.15, 0.2) is 0 Å². The molecule has 0 aromatic carbocycles. The number of unbranched alkanes of at least 4 members (excludes halogenated alkanes) is 3. The Kier molecular flexibility index (Phi) is 9.00. The van der Waals surface area contributed by atoms with Crippen molar-refractivity contribution in [2.24, 2.45) is 0 Å². The van der Waals surface area contributed by atoms with Crippen molar-refractivity contribution in [3.05, 3.63) is 5.01 Å². The summed E-state index contributed by atoms with van der Waals surface area (Å²) in [4.78, 5) is 16.8. The first-order chi connectivity index (χ1) is 13.6. The Morgan fingerprint density at radius 1 is 1.29 bits per heavy atom. The second kappa shape index (κ2) is 11.0. The summed E-state index contributed by atoms with van der Waals surface area (Å²) in [6.07, 6.45) is 12.8. The highest BCUT2D eigenvalue weighted by Gasteiger charge is 2.44. The van der Waals surface area contributed by atoms with Crippen LogP contribution in [-0.4, -0.2) is 52.4 Å². The van der Waals surface area contributed by atoms with Gasteiger partial charge in [-0.3, -0.25) is 0 Å². The van der Waals surface area contributed by atoms with E-state index in [1.165, 1.54) is 11.3 Å². The molecular weight excluding hydrogens is 396 g/mol. The van der Waals surface area contributed by atoms with E-state index in [0.29, 0.717) is 36.8 Å². The Labute approximate surface area is 177 Å². The van der Waals surface area contributed by atoms with Crippen molar-refractivity contribution < 1.29 is 9.53 Å². The monoisotopic (exact) mass is 426 g/mol. The number of methoxy groups -OCH3 is 1. The lowest BCUT2D eigenvalue weighted by molar-refractivity contribution is 0.0452. The van der Waals surface area contributed by atoms with E-state index in [-0.39, 0.29) is 12.3 Å². The Morgan fingerprint density at radius 3 is 2.61 bits per heavy atom. The highest BCUT2D eigenvalue weighted by molar-refractivity contribution is 7.15.